The van der Waals surface area contributed by atoms with E-state index in [4.69, 9.17) is 4.74 Å². The van der Waals surface area contributed by atoms with Crippen LogP contribution in [-0.4, -0.2) is 19.8 Å². The molecule has 1 atom stereocenters. The predicted molar refractivity (Wildman–Crippen MR) is 88.6 cm³/mol. The highest BCUT2D eigenvalue weighted by Crippen LogP contribution is 2.24. The van der Waals surface area contributed by atoms with Gasteiger partial charge in [-0.1, -0.05) is 55.7 Å². The molecule has 0 heterocycles. The number of rotatable bonds is 5. The van der Waals surface area contributed by atoms with Gasteiger partial charge in [-0.25, -0.2) is 0 Å². The topological polar surface area (TPSA) is 21.3 Å². The maximum absolute atomic E-state index is 6.14. The fourth-order valence-electron chi connectivity index (χ4n) is 3.23. The third kappa shape index (κ3) is 3.63. The van der Waals surface area contributed by atoms with Crippen molar-refractivity contribution in [1.29, 1.82) is 0 Å². The second-order valence-corrected chi connectivity index (χ2v) is 6.04. The first-order valence-electron chi connectivity index (χ1n) is 8.14. The summed E-state index contributed by atoms with van der Waals surface area (Å²) in [5.74, 6) is 0. The van der Waals surface area contributed by atoms with Gasteiger partial charge in [0.15, 0.2) is 0 Å². The predicted octanol–water partition coefficient (Wildman–Crippen LogP) is 4.45. The monoisotopic (exact) mass is 283 g/mol. The largest absolute Gasteiger partial charge is 0.376 e. The zero-order valence-corrected chi connectivity index (χ0v) is 12.8. The summed E-state index contributed by atoms with van der Waals surface area (Å²) in [5.41, 5.74) is 1.31. The first kappa shape index (κ1) is 14.6. The minimum Gasteiger partial charge on any atom is -0.376 e. The van der Waals surface area contributed by atoms with Crippen LogP contribution in [0.4, 0.5) is 0 Å². The molecular weight excluding hydrogens is 258 g/mol. The van der Waals surface area contributed by atoms with E-state index < -0.39 is 0 Å². The van der Waals surface area contributed by atoms with Crippen LogP contribution in [0, 0.1) is 0 Å². The second-order valence-electron chi connectivity index (χ2n) is 6.04. The van der Waals surface area contributed by atoms with Crippen molar-refractivity contribution in [3.8, 4) is 0 Å². The van der Waals surface area contributed by atoms with Crippen molar-refractivity contribution in [3.05, 3.63) is 48.0 Å². The van der Waals surface area contributed by atoms with E-state index in [9.17, 15) is 0 Å². The van der Waals surface area contributed by atoms with Crippen LogP contribution >= 0.6 is 0 Å². The zero-order valence-electron chi connectivity index (χ0n) is 12.8. The number of benzene rings is 2. The van der Waals surface area contributed by atoms with Crippen molar-refractivity contribution in [2.45, 2.75) is 44.2 Å². The summed E-state index contributed by atoms with van der Waals surface area (Å²) in [6.07, 6.45) is 6.95. The molecule has 0 bridgehead atoms. The summed E-state index contributed by atoms with van der Waals surface area (Å²) < 4.78 is 6.14. The van der Waals surface area contributed by atoms with E-state index in [1.807, 2.05) is 7.05 Å². The van der Waals surface area contributed by atoms with Gasteiger partial charge < -0.3 is 10.1 Å². The normalized spacial score (nSPS) is 18.0. The van der Waals surface area contributed by atoms with Gasteiger partial charge in [0.05, 0.1) is 18.8 Å². The zero-order chi connectivity index (χ0) is 14.5. The highest BCUT2D eigenvalue weighted by Gasteiger charge is 2.17. The maximum Gasteiger partial charge on any atom is 0.0665 e. The molecule has 112 valence electrons. The van der Waals surface area contributed by atoms with Crippen molar-refractivity contribution >= 4 is 10.8 Å². The van der Waals surface area contributed by atoms with Crippen LogP contribution in [0.5, 0.6) is 0 Å². The molecule has 1 fully saturated rings. The molecular formula is C19H25NO. The third-order valence-electron chi connectivity index (χ3n) is 4.58. The lowest BCUT2D eigenvalue weighted by Crippen LogP contribution is -2.26. The van der Waals surface area contributed by atoms with Gasteiger partial charge in [0.1, 0.15) is 0 Å². The summed E-state index contributed by atoms with van der Waals surface area (Å²) in [7, 11) is 2.02. The Hall–Kier alpha value is -1.38. The summed E-state index contributed by atoms with van der Waals surface area (Å²) in [6, 6.07) is 15.5. The Morgan fingerprint density at radius 2 is 1.81 bits per heavy atom. The van der Waals surface area contributed by atoms with Crippen molar-refractivity contribution in [2.24, 2.45) is 0 Å². The van der Waals surface area contributed by atoms with Gasteiger partial charge in [-0.15, -0.1) is 0 Å². The molecule has 1 saturated carbocycles. The van der Waals surface area contributed by atoms with Gasteiger partial charge in [-0.3, -0.25) is 0 Å². The molecule has 2 nitrogen and oxygen atoms in total. The standard InChI is InChI=1S/C19H25NO/c1-20-19(14-21-18-9-3-2-4-10-18)17-12-11-15-7-5-6-8-16(15)13-17/h5-8,11-13,18-20H,2-4,9-10,14H2,1H3. The van der Waals surface area contributed by atoms with Gasteiger partial charge in [0.25, 0.3) is 0 Å². The van der Waals surface area contributed by atoms with Gasteiger partial charge in [0.2, 0.25) is 0 Å². The van der Waals surface area contributed by atoms with E-state index in [1.165, 1.54) is 48.4 Å². The molecule has 21 heavy (non-hydrogen) atoms. The minimum absolute atomic E-state index is 0.275. The molecule has 2 aromatic rings. The lowest BCUT2D eigenvalue weighted by molar-refractivity contribution is 0.0166. The van der Waals surface area contributed by atoms with Gasteiger partial charge in [-0.05, 0) is 42.3 Å². The van der Waals surface area contributed by atoms with E-state index in [-0.39, 0.29) is 6.04 Å². The quantitative estimate of drug-likeness (QED) is 0.875. The van der Waals surface area contributed by atoms with E-state index in [0.29, 0.717) is 6.10 Å². The fourth-order valence-corrected chi connectivity index (χ4v) is 3.23. The van der Waals surface area contributed by atoms with Crippen LogP contribution in [0.1, 0.15) is 43.7 Å². The number of fused-ring (bicyclic) bond motifs is 1. The van der Waals surface area contributed by atoms with Crippen molar-refractivity contribution in [2.75, 3.05) is 13.7 Å². The molecule has 0 aliphatic heterocycles. The molecule has 0 amide bonds. The van der Waals surface area contributed by atoms with Crippen LogP contribution in [0.2, 0.25) is 0 Å². The Balaban J connectivity index is 1.68. The van der Waals surface area contributed by atoms with Gasteiger partial charge in [0, 0.05) is 0 Å². The van der Waals surface area contributed by atoms with Gasteiger partial charge in [-0.2, -0.15) is 0 Å². The third-order valence-corrected chi connectivity index (χ3v) is 4.58. The number of nitrogens with one attached hydrogen (secondary N) is 1. The highest BCUT2D eigenvalue weighted by molar-refractivity contribution is 5.83. The molecule has 0 spiro atoms. The molecule has 1 aliphatic rings. The van der Waals surface area contributed by atoms with E-state index in [2.05, 4.69) is 47.8 Å². The number of likely N-dealkylation sites (N-methyl/N-ethyl adjacent to an activating group) is 1. The van der Waals surface area contributed by atoms with E-state index in [1.54, 1.807) is 0 Å². The second kappa shape index (κ2) is 7.06. The Morgan fingerprint density at radius 1 is 1.05 bits per heavy atom. The summed E-state index contributed by atoms with van der Waals surface area (Å²) in [4.78, 5) is 0. The van der Waals surface area contributed by atoms with Gasteiger partial charge >= 0.3 is 0 Å². The average molecular weight is 283 g/mol. The number of hydrogen-bond acceptors (Lipinski definition) is 2. The van der Waals surface area contributed by atoms with Crippen molar-refractivity contribution in [3.63, 3.8) is 0 Å². The molecule has 3 rings (SSSR count). The van der Waals surface area contributed by atoms with Crippen molar-refractivity contribution in [1.82, 2.24) is 5.32 Å². The first-order chi connectivity index (χ1) is 10.4. The van der Waals surface area contributed by atoms with Crippen LogP contribution in [0.25, 0.3) is 10.8 Å². The first-order valence-corrected chi connectivity index (χ1v) is 8.14. The minimum atomic E-state index is 0.275. The Bertz CT molecular complexity index is 575. The molecule has 0 radical (unpaired) electrons. The smallest absolute Gasteiger partial charge is 0.0665 e. The molecule has 2 aromatic carbocycles. The van der Waals surface area contributed by atoms with Crippen molar-refractivity contribution < 1.29 is 4.74 Å². The molecule has 1 unspecified atom stereocenters. The number of hydrogen-bond donors (Lipinski definition) is 1. The Labute approximate surface area is 127 Å². The lowest BCUT2D eigenvalue weighted by Gasteiger charge is -2.25. The maximum atomic E-state index is 6.14. The van der Waals surface area contributed by atoms with E-state index in [0.717, 1.165) is 6.61 Å². The molecule has 2 heteroatoms. The number of ether oxygens (including phenoxy) is 1. The summed E-state index contributed by atoms with van der Waals surface area (Å²) in [5, 5.41) is 5.99. The average Bonchev–Trinajstić information content (AvgIpc) is 2.56. The van der Waals surface area contributed by atoms with Crippen LogP contribution in [0.15, 0.2) is 42.5 Å². The molecule has 1 N–H and O–H groups in total. The lowest BCUT2D eigenvalue weighted by atomic mass is 9.97. The summed E-state index contributed by atoms with van der Waals surface area (Å²) in [6.45, 7) is 0.763. The Kier molecular flexibility index (Phi) is 4.89. The van der Waals surface area contributed by atoms with Crippen LogP contribution in [-0.2, 0) is 4.74 Å². The summed E-state index contributed by atoms with van der Waals surface area (Å²) >= 11 is 0. The molecule has 0 aromatic heterocycles. The fraction of sp³-hybridized carbons (Fsp3) is 0.474. The van der Waals surface area contributed by atoms with E-state index >= 15 is 0 Å². The SMILES string of the molecule is CNC(COC1CCCCC1)c1ccc2ccccc2c1. The van der Waals surface area contributed by atoms with Crippen LogP contribution in [0.3, 0.4) is 0 Å². The molecule has 0 saturated heterocycles. The molecule has 1 aliphatic carbocycles. The Morgan fingerprint density at radius 3 is 2.57 bits per heavy atom. The highest BCUT2D eigenvalue weighted by atomic mass is 16.5. The van der Waals surface area contributed by atoms with Crippen LogP contribution < -0.4 is 5.32 Å².